The molecule has 12 heteroatoms. The third kappa shape index (κ3) is 4.09. The van der Waals surface area contributed by atoms with Crippen LogP contribution in [0, 0.1) is 11.6 Å². The van der Waals surface area contributed by atoms with E-state index in [-0.39, 0.29) is 44.7 Å². The number of nitrogens with zero attached hydrogens (tertiary/aromatic N) is 4. The number of alkyl halides is 3. The van der Waals surface area contributed by atoms with E-state index >= 15 is 0 Å². The maximum atomic E-state index is 13.8. The molecule has 0 aliphatic carbocycles. The first-order chi connectivity index (χ1) is 14.7. The Labute approximate surface area is 173 Å². The second-order valence-corrected chi connectivity index (χ2v) is 7.35. The third-order valence-corrected chi connectivity index (χ3v) is 5.36. The molecular formula is C19H19F5N4O3. The third-order valence-electron chi connectivity index (χ3n) is 5.36. The van der Waals surface area contributed by atoms with Crippen molar-refractivity contribution in [2.45, 2.75) is 31.2 Å². The van der Waals surface area contributed by atoms with Crippen LogP contribution < -0.4 is 15.4 Å². The van der Waals surface area contributed by atoms with Gasteiger partial charge in [0.2, 0.25) is 5.95 Å². The molecule has 1 aromatic heterocycles. The highest BCUT2D eigenvalue weighted by atomic mass is 19.4. The highest BCUT2D eigenvalue weighted by molar-refractivity contribution is 5.62. The zero-order valence-corrected chi connectivity index (χ0v) is 16.1. The van der Waals surface area contributed by atoms with E-state index in [4.69, 9.17) is 4.74 Å². The fraction of sp³-hybridized carbons (Fsp3) is 0.474. The number of hydrogen-bond acceptors (Lipinski definition) is 6. The van der Waals surface area contributed by atoms with Crippen molar-refractivity contribution in [3.05, 3.63) is 46.3 Å². The number of aromatic nitrogens is 2. The maximum Gasteiger partial charge on any atom is 0.409 e. The predicted molar refractivity (Wildman–Crippen MR) is 100 cm³/mol. The number of aliphatic hydroxyl groups is 1. The van der Waals surface area contributed by atoms with E-state index in [2.05, 4.69) is 4.98 Å². The predicted octanol–water partition coefficient (Wildman–Crippen LogP) is 2.19. The topological polar surface area (TPSA) is 70.8 Å². The fourth-order valence-corrected chi connectivity index (χ4v) is 3.93. The molecular weight excluding hydrogens is 427 g/mol. The normalized spacial score (nSPS) is 21.9. The van der Waals surface area contributed by atoms with Gasteiger partial charge in [0.25, 0.3) is 5.56 Å². The average molecular weight is 446 g/mol. The molecule has 7 nitrogen and oxygen atoms in total. The number of halogens is 5. The standard InChI is InChI=1S/C19H19F5N4O3/c20-11-5-12(21)7-13(6-11)28-15(19(22,23)24)1-2-27-17(30)8-16(25-18(27)28)26-3-4-31-10-14(26)9-29/h5-8,14-15,29H,1-4,9-10H2/t14?,15-/m0/s1. The molecule has 168 valence electrons. The lowest BCUT2D eigenvalue weighted by Gasteiger charge is -2.40. The lowest BCUT2D eigenvalue weighted by molar-refractivity contribution is -0.150. The summed E-state index contributed by atoms with van der Waals surface area (Å²) in [6, 6.07) is 0.589. The smallest absolute Gasteiger partial charge is 0.394 e. The van der Waals surface area contributed by atoms with E-state index in [1.807, 2.05) is 0 Å². The van der Waals surface area contributed by atoms with Crippen LogP contribution in [0.4, 0.5) is 39.4 Å². The van der Waals surface area contributed by atoms with Gasteiger partial charge in [-0.1, -0.05) is 0 Å². The Morgan fingerprint density at radius 1 is 1.13 bits per heavy atom. The van der Waals surface area contributed by atoms with E-state index in [0.29, 0.717) is 11.0 Å². The SMILES string of the molecule is O=c1cc(N2CCOCC2CO)nc2n1CC[C@@H](C(F)(F)F)N2c1cc(F)cc(F)c1. The van der Waals surface area contributed by atoms with Gasteiger partial charge in [0.1, 0.15) is 23.5 Å². The van der Waals surface area contributed by atoms with Crippen LogP contribution in [0.5, 0.6) is 0 Å². The van der Waals surface area contributed by atoms with Gasteiger partial charge in [-0.15, -0.1) is 0 Å². The average Bonchev–Trinajstić information content (AvgIpc) is 2.71. The van der Waals surface area contributed by atoms with Crippen molar-refractivity contribution >= 4 is 17.5 Å². The summed E-state index contributed by atoms with van der Waals surface area (Å²) in [5.41, 5.74) is -1.01. The highest BCUT2D eigenvalue weighted by Gasteiger charge is 2.48. The van der Waals surface area contributed by atoms with E-state index in [9.17, 15) is 31.9 Å². The van der Waals surface area contributed by atoms with Crippen LogP contribution in [0.3, 0.4) is 0 Å². The van der Waals surface area contributed by atoms with Crippen LogP contribution >= 0.6 is 0 Å². The van der Waals surface area contributed by atoms with Crippen molar-refractivity contribution < 1.29 is 31.8 Å². The molecule has 1 aromatic carbocycles. The minimum absolute atomic E-state index is 0.0586. The van der Waals surface area contributed by atoms with Crippen molar-refractivity contribution in [1.29, 1.82) is 0 Å². The van der Waals surface area contributed by atoms with Gasteiger partial charge >= 0.3 is 6.18 Å². The lowest BCUT2D eigenvalue weighted by Crippen LogP contribution is -2.51. The summed E-state index contributed by atoms with van der Waals surface area (Å²) in [7, 11) is 0. The maximum absolute atomic E-state index is 13.8. The summed E-state index contributed by atoms with van der Waals surface area (Å²) in [6.07, 6.45) is -5.24. The number of morpholine rings is 1. The van der Waals surface area contributed by atoms with Crippen LogP contribution in [0.1, 0.15) is 6.42 Å². The molecule has 1 unspecified atom stereocenters. The first kappa shape index (κ1) is 21.5. The van der Waals surface area contributed by atoms with E-state index in [1.165, 1.54) is 6.07 Å². The van der Waals surface area contributed by atoms with Crippen LogP contribution in [0.15, 0.2) is 29.1 Å². The Kier molecular flexibility index (Phi) is 5.60. The van der Waals surface area contributed by atoms with Gasteiger partial charge in [-0.05, 0) is 18.6 Å². The molecule has 0 spiro atoms. The van der Waals surface area contributed by atoms with Crippen LogP contribution in [0.2, 0.25) is 0 Å². The second-order valence-electron chi connectivity index (χ2n) is 7.35. The van der Waals surface area contributed by atoms with Gasteiger partial charge in [-0.25, -0.2) is 8.78 Å². The number of aliphatic hydroxyl groups excluding tert-OH is 1. The zero-order valence-electron chi connectivity index (χ0n) is 16.1. The van der Waals surface area contributed by atoms with Gasteiger partial charge in [-0.2, -0.15) is 18.2 Å². The molecule has 2 aromatic rings. The van der Waals surface area contributed by atoms with Gasteiger partial charge in [0.05, 0.1) is 31.5 Å². The summed E-state index contributed by atoms with van der Waals surface area (Å²) in [5.74, 6) is -2.42. The number of fused-ring (bicyclic) bond motifs is 1. The summed E-state index contributed by atoms with van der Waals surface area (Å²) >= 11 is 0. The number of anilines is 3. The van der Waals surface area contributed by atoms with Crippen LogP contribution in [-0.4, -0.2) is 59.3 Å². The number of benzene rings is 1. The fourth-order valence-electron chi connectivity index (χ4n) is 3.93. The molecule has 0 radical (unpaired) electrons. The van der Waals surface area contributed by atoms with Crippen molar-refractivity contribution in [2.24, 2.45) is 0 Å². The lowest BCUT2D eigenvalue weighted by atomic mass is 10.1. The van der Waals surface area contributed by atoms with Crippen LogP contribution in [-0.2, 0) is 11.3 Å². The van der Waals surface area contributed by atoms with Gasteiger partial charge in [0.15, 0.2) is 0 Å². The van der Waals surface area contributed by atoms with Gasteiger partial charge in [0, 0.05) is 25.2 Å². The van der Waals surface area contributed by atoms with E-state index in [0.717, 1.165) is 16.7 Å². The molecule has 2 atom stereocenters. The highest BCUT2D eigenvalue weighted by Crippen LogP contribution is 2.39. The Hall–Kier alpha value is -2.73. The van der Waals surface area contributed by atoms with E-state index in [1.54, 1.807) is 4.90 Å². The first-order valence-corrected chi connectivity index (χ1v) is 9.58. The van der Waals surface area contributed by atoms with E-state index < -0.39 is 47.6 Å². The minimum Gasteiger partial charge on any atom is -0.394 e. The molecule has 2 aliphatic rings. The van der Waals surface area contributed by atoms with Crippen molar-refractivity contribution in [1.82, 2.24) is 9.55 Å². The molecule has 1 saturated heterocycles. The largest absolute Gasteiger partial charge is 0.409 e. The molecule has 0 bridgehead atoms. The molecule has 2 aliphatic heterocycles. The Balaban J connectivity index is 1.89. The number of hydrogen-bond donors (Lipinski definition) is 1. The Morgan fingerprint density at radius 3 is 2.48 bits per heavy atom. The Morgan fingerprint density at radius 2 is 1.84 bits per heavy atom. The molecule has 31 heavy (non-hydrogen) atoms. The molecule has 4 rings (SSSR count). The second kappa shape index (κ2) is 8.08. The number of rotatable bonds is 3. The molecule has 1 N–H and O–H groups in total. The molecule has 3 heterocycles. The monoisotopic (exact) mass is 446 g/mol. The Bertz CT molecular complexity index is 1010. The van der Waals surface area contributed by atoms with Crippen molar-refractivity contribution in [3.8, 4) is 0 Å². The first-order valence-electron chi connectivity index (χ1n) is 9.58. The summed E-state index contributed by atoms with van der Waals surface area (Å²) < 4.78 is 75.5. The number of ether oxygens (including phenoxy) is 1. The van der Waals surface area contributed by atoms with Crippen molar-refractivity contribution in [3.63, 3.8) is 0 Å². The van der Waals surface area contributed by atoms with Gasteiger partial charge < -0.3 is 14.7 Å². The molecule has 0 amide bonds. The molecule has 1 fully saturated rings. The summed E-state index contributed by atoms with van der Waals surface area (Å²) in [6.45, 7) is 0.121. The minimum atomic E-state index is -4.74. The summed E-state index contributed by atoms with van der Waals surface area (Å²) in [5, 5.41) is 9.59. The molecule has 0 saturated carbocycles. The summed E-state index contributed by atoms with van der Waals surface area (Å²) in [4.78, 5) is 19.2. The quantitative estimate of drug-likeness (QED) is 0.730. The van der Waals surface area contributed by atoms with Crippen LogP contribution in [0.25, 0.3) is 0 Å². The van der Waals surface area contributed by atoms with Crippen molar-refractivity contribution in [2.75, 3.05) is 36.2 Å². The van der Waals surface area contributed by atoms with Gasteiger partial charge in [-0.3, -0.25) is 14.3 Å². The zero-order chi connectivity index (χ0) is 22.3.